The minimum Gasteiger partial charge on any atom is -0.482 e. The lowest BCUT2D eigenvalue weighted by Crippen LogP contribution is -2.32. The van der Waals surface area contributed by atoms with Crippen LogP contribution in [0.4, 0.5) is 5.69 Å². The first kappa shape index (κ1) is 22.1. The minimum absolute atomic E-state index is 0.00212. The number of halogens is 2. The molecule has 0 saturated carbocycles. The summed E-state index contributed by atoms with van der Waals surface area (Å²) in [5, 5.41) is 3.56. The Labute approximate surface area is 175 Å². The van der Waals surface area contributed by atoms with Crippen LogP contribution in [0.3, 0.4) is 0 Å². The van der Waals surface area contributed by atoms with E-state index in [1.807, 2.05) is 18.7 Å². The van der Waals surface area contributed by atoms with Crippen molar-refractivity contribution in [2.75, 3.05) is 25.0 Å². The molecule has 2 rings (SSSR count). The molecule has 0 aliphatic heterocycles. The van der Waals surface area contributed by atoms with Crippen LogP contribution in [-0.2, 0) is 4.79 Å². The van der Waals surface area contributed by atoms with Gasteiger partial charge in [-0.05, 0) is 55.3 Å². The highest BCUT2D eigenvalue weighted by atomic mass is 35.5. The molecule has 0 atom stereocenters. The molecular formula is C21H24Cl2N2O3. The van der Waals surface area contributed by atoms with Crippen LogP contribution in [0.2, 0.25) is 10.0 Å². The van der Waals surface area contributed by atoms with Crippen LogP contribution >= 0.6 is 23.2 Å². The Balaban J connectivity index is 1.92. The van der Waals surface area contributed by atoms with Crippen LogP contribution in [0.5, 0.6) is 5.75 Å². The molecule has 7 heteroatoms. The number of nitrogens with one attached hydrogen (secondary N) is 1. The van der Waals surface area contributed by atoms with Crippen LogP contribution < -0.4 is 10.1 Å². The second kappa shape index (κ2) is 10.9. The average Bonchev–Trinajstić information content (AvgIpc) is 2.67. The van der Waals surface area contributed by atoms with Crippen molar-refractivity contribution in [3.63, 3.8) is 0 Å². The minimum atomic E-state index is -0.330. The maximum atomic E-state index is 12.6. The highest BCUT2D eigenvalue weighted by molar-refractivity contribution is 6.35. The van der Waals surface area contributed by atoms with Gasteiger partial charge in [0.05, 0.1) is 5.02 Å². The van der Waals surface area contributed by atoms with E-state index in [1.54, 1.807) is 42.5 Å². The van der Waals surface area contributed by atoms with Crippen molar-refractivity contribution < 1.29 is 14.3 Å². The Kier molecular flexibility index (Phi) is 8.61. The lowest BCUT2D eigenvalue weighted by molar-refractivity contribution is -0.118. The molecule has 1 N–H and O–H groups in total. The number of nitrogens with zero attached hydrogens (tertiary/aromatic N) is 1. The SMILES string of the molecule is CCCN(CCC)C(=O)c1ccc(NC(=O)COc2ccc(Cl)cc2Cl)cc1. The van der Waals surface area contributed by atoms with Gasteiger partial charge in [0, 0.05) is 29.4 Å². The summed E-state index contributed by atoms with van der Waals surface area (Å²) >= 11 is 11.8. The third kappa shape index (κ3) is 6.43. The monoisotopic (exact) mass is 422 g/mol. The van der Waals surface area contributed by atoms with Gasteiger partial charge in [0.1, 0.15) is 5.75 Å². The summed E-state index contributed by atoms with van der Waals surface area (Å²) in [5.41, 5.74) is 1.19. The zero-order valence-corrected chi connectivity index (χ0v) is 17.5. The summed E-state index contributed by atoms with van der Waals surface area (Å²) < 4.78 is 5.41. The number of hydrogen-bond acceptors (Lipinski definition) is 3. The summed E-state index contributed by atoms with van der Waals surface area (Å²) in [7, 11) is 0. The fraction of sp³-hybridized carbons (Fsp3) is 0.333. The maximum Gasteiger partial charge on any atom is 0.262 e. The third-order valence-corrected chi connectivity index (χ3v) is 4.47. The topological polar surface area (TPSA) is 58.6 Å². The largest absolute Gasteiger partial charge is 0.482 e. The van der Waals surface area contributed by atoms with Crippen LogP contribution in [0, 0.1) is 0 Å². The van der Waals surface area contributed by atoms with E-state index in [2.05, 4.69) is 5.32 Å². The molecule has 0 heterocycles. The predicted octanol–water partition coefficient (Wildman–Crippen LogP) is 5.27. The van der Waals surface area contributed by atoms with E-state index >= 15 is 0 Å². The van der Waals surface area contributed by atoms with Gasteiger partial charge in [-0.2, -0.15) is 0 Å². The van der Waals surface area contributed by atoms with Gasteiger partial charge >= 0.3 is 0 Å². The molecule has 0 unspecified atom stereocenters. The first-order valence-corrected chi connectivity index (χ1v) is 9.97. The molecule has 0 radical (unpaired) electrons. The van der Waals surface area contributed by atoms with Crippen molar-refractivity contribution in [1.82, 2.24) is 4.90 Å². The van der Waals surface area contributed by atoms with Crippen molar-refractivity contribution in [3.8, 4) is 5.75 Å². The molecule has 2 aromatic carbocycles. The van der Waals surface area contributed by atoms with E-state index in [4.69, 9.17) is 27.9 Å². The van der Waals surface area contributed by atoms with Gasteiger partial charge in [-0.15, -0.1) is 0 Å². The number of rotatable bonds is 9. The highest BCUT2D eigenvalue weighted by Crippen LogP contribution is 2.27. The van der Waals surface area contributed by atoms with E-state index in [9.17, 15) is 9.59 Å². The Morgan fingerprint density at radius 3 is 2.21 bits per heavy atom. The van der Waals surface area contributed by atoms with E-state index in [-0.39, 0.29) is 18.4 Å². The third-order valence-electron chi connectivity index (χ3n) is 3.94. The van der Waals surface area contributed by atoms with E-state index in [0.29, 0.717) is 27.0 Å². The lowest BCUT2D eigenvalue weighted by Gasteiger charge is -2.21. The number of hydrogen-bond donors (Lipinski definition) is 1. The van der Waals surface area contributed by atoms with Crippen molar-refractivity contribution in [1.29, 1.82) is 0 Å². The smallest absolute Gasteiger partial charge is 0.262 e. The maximum absolute atomic E-state index is 12.6. The molecule has 2 amide bonds. The fourth-order valence-electron chi connectivity index (χ4n) is 2.67. The first-order chi connectivity index (χ1) is 13.4. The summed E-state index contributed by atoms with van der Waals surface area (Å²) in [4.78, 5) is 26.5. The molecule has 0 bridgehead atoms. The van der Waals surface area contributed by atoms with Gasteiger partial charge < -0.3 is 15.0 Å². The van der Waals surface area contributed by atoms with Gasteiger partial charge in [0.2, 0.25) is 0 Å². The van der Waals surface area contributed by atoms with E-state index < -0.39 is 0 Å². The number of amides is 2. The average molecular weight is 423 g/mol. The van der Waals surface area contributed by atoms with Crippen LogP contribution in [0.15, 0.2) is 42.5 Å². The standard InChI is InChI=1S/C21H24Cl2N2O3/c1-3-11-25(12-4-2)21(27)15-5-8-17(9-6-15)24-20(26)14-28-19-10-7-16(22)13-18(19)23/h5-10,13H,3-4,11-12,14H2,1-2H3,(H,24,26). The number of carbonyl (C=O) groups excluding carboxylic acids is 2. The molecule has 2 aromatic rings. The molecule has 0 aliphatic carbocycles. The molecule has 0 aliphatic rings. The molecule has 0 spiro atoms. The summed E-state index contributed by atoms with van der Waals surface area (Å²) in [6, 6.07) is 11.6. The highest BCUT2D eigenvalue weighted by Gasteiger charge is 2.14. The van der Waals surface area contributed by atoms with E-state index in [0.717, 1.165) is 25.9 Å². The normalized spacial score (nSPS) is 10.4. The Morgan fingerprint density at radius 1 is 1.00 bits per heavy atom. The van der Waals surface area contributed by atoms with Gasteiger partial charge in [-0.1, -0.05) is 37.0 Å². The van der Waals surface area contributed by atoms with Gasteiger partial charge in [0.15, 0.2) is 6.61 Å². The van der Waals surface area contributed by atoms with Crippen molar-refractivity contribution in [3.05, 3.63) is 58.1 Å². The second-order valence-electron chi connectivity index (χ2n) is 6.28. The van der Waals surface area contributed by atoms with E-state index in [1.165, 1.54) is 0 Å². The summed E-state index contributed by atoms with van der Waals surface area (Å²) in [5.74, 6) is 0.0556. The number of carbonyl (C=O) groups is 2. The van der Waals surface area contributed by atoms with Crippen LogP contribution in [0.1, 0.15) is 37.0 Å². The van der Waals surface area contributed by atoms with Crippen LogP contribution in [0.25, 0.3) is 0 Å². The molecule has 0 aromatic heterocycles. The summed E-state index contributed by atoms with van der Waals surface area (Å²) in [6.45, 7) is 5.37. The number of ether oxygens (including phenoxy) is 1. The molecule has 0 saturated heterocycles. The van der Waals surface area contributed by atoms with Gasteiger partial charge in [-0.3, -0.25) is 9.59 Å². The quantitative estimate of drug-likeness (QED) is 0.598. The summed E-state index contributed by atoms with van der Waals surface area (Å²) in [6.07, 6.45) is 1.83. The van der Waals surface area contributed by atoms with Crippen LogP contribution in [-0.4, -0.2) is 36.4 Å². The fourth-order valence-corrected chi connectivity index (χ4v) is 3.13. The Morgan fingerprint density at radius 2 is 1.64 bits per heavy atom. The lowest BCUT2D eigenvalue weighted by atomic mass is 10.1. The zero-order valence-electron chi connectivity index (χ0n) is 16.0. The Hall–Kier alpha value is -2.24. The number of benzene rings is 2. The molecule has 150 valence electrons. The van der Waals surface area contributed by atoms with Gasteiger partial charge in [-0.25, -0.2) is 0 Å². The van der Waals surface area contributed by atoms with Crippen molar-refractivity contribution in [2.45, 2.75) is 26.7 Å². The van der Waals surface area contributed by atoms with Crippen molar-refractivity contribution in [2.24, 2.45) is 0 Å². The predicted molar refractivity (Wildman–Crippen MR) is 114 cm³/mol. The molecule has 5 nitrogen and oxygen atoms in total. The number of anilines is 1. The second-order valence-corrected chi connectivity index (χ2v) is 7.12. The Bertz CT molecular complexity index is 804. The molecule has 28 heavy (non-hydrogen) atoms. The molecule has 0 fully saturated rings. The molecular weight excluding hydrogens is 399 g/mol. The van der Waals surface area contributed by atoms with Gasteiger partial charge in [0.25, 0.3) is 11.8 Å². The first-order valence-electron chi connectivity index (χ1n) is 9.21. The zero-order chi connectivity index (χ0) is 20.5. The van der Waals surface area contributed by atoms with Crippen molar-refractivity contribution >= 4 is 40.7 Å².